The molecule has 0 spiro atoms. The van der Waals surface area contributed by atoms with Crippen molar-refractivity contribution in [3.63, 3.8) is 0 Å². The molecule has 0 saturated carbocycles. The predicted molar refractivity (Wildman–Crippen MR) is 68.9 cm³/mol. The lowest BCUT2D eigenvalue weighted by atomic mass is 9.94. The molecule has 0 amide bonds. The highest BCUT2D eigenvalue weighted by Crippen LogP contribution is 2.25. The summed E-state index contributed by atoms with van der Waals surface area (Å²) in [6.07, 6.45) is 8.23. The number of hydrogen-bond acceptors (Lipinski definition) is 2. The second-order valence-corrected chi connectivity index (χ2v) is 4.45. The van der Waals surface area contributed by atoms with Gasteiger partial charge in [-0.15, -0.1) is 0 Å². The molecule has 1 aromatic heterocycles. The molecule has 2 heteroatoms. The van der Waals surface area contributed by atoms with Gasteiger partial charge in [-0.1, -0.05) is 18.2 Å². The Morgan fingerprint density at radius 3 is 2.82 bits per heavy atom. The molecule has 2 aromatic rings. The number of benzene rings is 1. The van der Waals surface area contributed by atoms with Crippen LogP contribution in [0.1, 0.15) is 31.2 Å². The minimum atomic E-state index is 0.0972. The summed E-state index contributed by atoms with van der Waals surface area (Å²) >= 11 is 0. The molecule has 0 saturated heterocycles. The second kappa shape index (κ2) is 4.21. The Morgan fingerprint density at radius 2 is 2.00 bits per heavy atom. The fraction of sp³-hybridized carbons (Fsp3) is 0.267. The Morgan fingerprint density at radius 1 is 1.12 bits per heavy atom. The van der Waals surface area contributed by atoms with E-state index in [9.17, 15) is 4.79 Å². The summed E-state index contributed by atoms with van der Waals surface area (Å²) < 4.78 is 5.54. The van der Waals surface area contributed by atoms with E-state index in [0.717, 1.165) is 30.4 Å². The van der Waals surface area contributed by atoms with Gasteiger partial charge in [0.2, 0.25) is 0 Å². The van der Waals surface area contributed by atoms with Crippen molar-refractivity contribution in [2.45, 2.75) is 25.7 Å². The predicted octanol–water partition coefficient (Wildman–Crippen LogP) is 3.75. The molecule has 0 N–H and O–H groups in total. The smallest absolute Gasteiger partial charge is 0.200 e. The van der Waals surface area contributed by atoms with E-state index in [1.165, 1.54) is 6.42 Å². The number of allylic oxidation sites excluding steroid dienone is 2. The molecular weight excluding hydrogens is 212 g/mol. The molecule has 0 unspecified atom stereocenters. The highest BCUT2D eigenvalue weighted by atomic mass is 16.3. The van der Waals surface area contributed by atoms with Crippen LogP contribution in [0.15, 0.2) is 45.8 Å². The summed E-state index contributed by atoms with van der Waals surface area (Å²) in [5.41, 5.74) is 2.65. The maximum Gasteiger partial charge on any atom is 0.200 e. The topological polar surface area (TPSA) is 30.2 Å². The van der Waals surface area contributed by atoms with E-state index in [0.29, 0.717) is 11.0 Å². The Bertz CT molecular complexity index is 635. The van der Waals surface area contributed by atoms with Gasteiger partial charge in [-0.05, 0) is 43.4 Å². The van der Waals surface area contributed by atoms with E-state index in [-0.39, 0.29) is 5.43 Å². The van der Waals surface area contributed by atoms with E-state index in [2.05, 4.69) is 6.08 Å². The quantitative estimate of drug-likeness (QED) is 0.741. The minimum Gasteiger partial charge on any atom is -0.463 e. The van der Waals surface area contributed by atoms with Gasteiger partial charge < -0.3 is 4.42 Å². The van der Waals surface area contributed by atoms with Crippen molar-refractivity contribution in [1.82, 2.24) is 0 Å². The minimum absolute atomic E-state index is 0.0972. The molecule has 0 aliphatic heterocycles. The SMILES string of the molecule is O=c1c(C2=CCCCC2)coc2ccccc12. The lowest BCUT2D eigenvalue weighted by Crippen LogP contribution is -2.09. The fourth-order valence-electron chi connectivity index (χ4n) is 2.38. The largest absolute Gasteiger partial charge is 0.463 e. The fourth-order valence-corrected chi connectivity index (χ4v) is 2.38. The Hall–Kier alpha value is -1.83. The first-order valence-electron chi connectivity index (χ1n) is 6.06. The Labute approximate surface area is 99.6 Å². The monoisotopic (exact) mass is 226 g/mol. The molecule has 2 nitrogen and oxygen atoms in total. The van der Waals surface area contributed by atoms with Crippen molar-refractivity contribution >= 4 is 16.5 Å². The first-order chi connectivity index (χ1) is 8.36. The molecule has 0 fully saturated rings. The van der Waals surface area contributed by atoms with E-state index in [1.54, 1.807) is 6.26 Å². The highest BCUT2D eigenvalue weighted by molar-refractivity contribution is 5.80. The summed E-state index contributed by atoms with van der Waals surface area (Å²) in [4.78, 5) is 12.3. The van der Waals surface area contributed by atoms with E-state index >= 15 is 0 Å². The van der Waals surface area contributed by atoms with E-state index in [1.807, 2.05) is 24.3 Å². The molecule has 0 bridgehead atoms. The summed E-state index contributed by atoms with van der Waals surface area (Å²) in [7, 11) is 0. The van der Waals surface area contributed by atoms with Gasteiger partial charge in [0.05, 0.1) is 10.9 Å². The van der Waals surface area contributed by atoms with Gasteiger partial charge in [0, 0.05) is 0 Å². The average Bonchev–Trinajstić information content (AvgIpc) is 2.40. The molecule has 86 valence electrons. The van der Waals surface area contributed by atoms with Crippen LogP contribution < -0.4 is 5.43 Å². The van der Waals surface area contributed by atoms with Crippen LogP contribution in [-0.2, 0) is 0 Å². The molecule has 3 rings (SSSR count). The number of rotatable bonds is 1. The Balaban J connectivity index is 2.21. The second-order valence-electron chi connectivity index (χ2n) is 4.45. The van der Waals surface area contributed by atoms with Crippen LogP contribution in [0.3, 0.4) is 0 Å². The van der Waals surface area contributed by atoms with Crippen LogP contribution in [0.2, 0.25) is 0 Å². The van der Waals surface area contributed by atoms with Crippen LogP contribution in [0, 0.1) is 0 Å². The van der Waals surface area contributed by atoms with Crippen molar-refractivity contribution in [1.29, 1.82) is 0 Å². The maximum atomic E-state index is 12.3. The van der Waals surface area contributed by atoms with Gasteiger partial charge in [-0.25, -0.2) is 0 Å². The van der Waals surface area contributed by atoms with Crippen molar-refractivity contribution < 1.29 is 4.42 Å². The van der Waals surface area contributed by atoms with Crippen molar-refractivity contribution in [2.75, 3.05) is 0 Å². The van der Waals surface area contributed by atoms with Gasteiger partial charge in [0.1, 0.15) is 11.8 Å². The number of fused-ring (bicyclic) bond motifs is 1. The standard InChI is InChI=1S/C15H14O2/c16-15-12-8-4-5-9-14(12)17-10-13(15)11-6-2-1-3-7-11/h4-6,8-10H,1-3,7H2. The van der Waals surface area contributed by atoms with Crippen LogP contribution in [0.4, 0.5) is 0 Å². The van der Waals surface area contributed by atoms with Crippen molar-refractivity contribution in [3.05, 3.63) is 52.4 Å². The van der Waals surface area contributed by atoms with E-state index in [4.69, 9.17) is 4.42 Å². The maximum absolute atomic E-state index is 12.3. The number of hydrogen-bond donors (Lipinski definition) is 0. The third-order valence-corrected chi connectivity index (χ3v) is 3.32. The van der Waals surface area contributed by atoms with Gasteiger partial charge in [0.15, 0.2) is 5.43 Å². The third-order valence-electron chi connectivity index (χ3n) is 3.32. The lowest BCUT2D eigenvalue weighted by molar-refractivity contribution is 0.599. The number of para-hydroxylation sites is 1. The average molecular weight is 226 g/mol. The molecule has 1 aliphatic carbocycles. The van der Waals surface area contributed by atoms with Crippen LogP contribution >= 0.6 is 0 Å². The van der Waals surface area contributed by atoms with Gasteiger partial charge in [-0.3, -0.25) is 4.79 Å². The van der Waals surface area contributed by atoms with Gasteiger partial charge in [0.25, 0.3) is 0 Å². The first kappa shape index (κ1) is 10.3. The molecule has 0 radical (unpaired) electrons. The third kappa shape index (κ3) is 1.80. The molecule has 17 heavy (non-hydrogen) atoms. The van der Waals surface area contributed by atoms with Gasteiger partial charge >= 0.3 is 0 Å². The molecule has 0 atom stereocenters. The highest BCUT2D eigenvalue weighted by Gasteiger charge is 2.12. The summed E-state index contributed by atoms with van der Waals surface area (Å²) in [5.74, 6) is 0. The van der Waals surface area contributed by atoms with Crippen molar-refractivity contribution in [3.8, 4) is 0 Å². The zero-order chi connectivity index (χ0) is 11.7. The van der Waals surface area contributed by atoms with Gasteiger partial charge in [-0.2, -0.15) is 0 Å². The molecular formula is C15H14O2. The van der Waals surface area contributed by atoms with E-state index < -0.39 is 0 Å². The lowest BCUT2D eigenvalue weighted by Gasteiger charge is -2.11. The molecule has 1 aromatic carbocycles. The summed E-state index contributed by atoms with van der Waals surface area (Å²) in [5, 5.41) is 0.677. The summed E-state index contributed by atoms with van der Waals surface area (Å²) in [6, 6.07) is 7.41. The first-order valence-corrected chi connectivity index (χ1v) is 6.06. The molecule has 1 aliphatic rings. The van der Waals surface area contributed by atoms with Crippen molar-refractivity contribution in [2.24, 2.45) is 0 Å². The van der Waals surface area contributed by atoms with Crippen LogP contribution in [-0.4, -0.2) is 0 Å². The zero-order valence-corrected chi connectivity index (χ0v) is 9.61. The molecule has 1 heterocycles. The summed E-state index contributed by atoms with van der Waals surface area (Å²) in [6.45, 7) is 0. The Kier molecular flexibility index (Phi) is 2.56. The van der Waals surface area contributed by atoms with Crippen LogP contribution in [0.25, 0.3) is 16.5 Å². The zero-order valence-electron chi connectivity index (χ0n) is 9.61. The van der Waals surface area contributed by atoms with Crippen LogP contribution in [0.5, 0.6) is 0 Å². The normalized spacial score (nSPS) is 15.9.